The summed E-state index contributed by atoms with van der Waals surface area (Å²) in [6.45, 7) is 1.02. The summed E-state index contributed by atoms with van der Waals surface area (Å²) in [5, 5.41) is 6.13. The number of amides is 1. The summed E-state index contributed by atoms with van der Waals surface area (Å²) in [7, 11) is 0. The maximum absolute atomic E-state index is 11.4. The van der Waals surface area contributed by atoms with E-state index in [1.165, 1.54) is 0 Å². The van der Waals surface area contributed by atoms with Crippen LogP contribution in [-0.4, -0.2) is 30.9 Å². The molecule has 96 valence electrons. The van der Waals surface area contributed by atoms with Crippen molar-refractivity contribution in [2.45, 2.75) is 6.04 Å². The molecular formula is C14H13N3O2. The molecule has 3 rings (SSSR count). The first-order valence-electron chi connectivity index (χ1n) is 6.02. The van der Waals surface area contributed by atoms with Gasteiger partial charge in [0.1, 0.15) is 5.71 Å². The van der Waals surface area contributed by atoms with Crippen LogP contribution in [0.3, 0.4) is 0 Å². The molecule has 1 aromatic carbocycles. The lowest BCUT2D eigenvalue weighted by Gasteiger charge is -2.21. The van der Waals surface area contributed by atoms with Crippen molar-refractivity contribution in [2.24, 2.45) is 16.8 Å². The van der Waals surface area contributed by atoms with Crippen molar-refractivity contribution >= 4 is 17.3 Å². The third-order valence-electron chi connectivity index (χ3n) is 3.46. The molecule has 0 aromatic heterocycles. The highest BCUT2D eigenvalue weighted by atomic mass is 16.5. The van der Waals surface area contributed by atoms with E-state index in [-0.39, 0.29) is 12.0 Å². The van der Waals surface area contributed by atoms with E-state index in [4.69, 9.17) is 16.9 Å². The van der Waals surface area contributed by atoms with Crippen molar-refractivity contribution in [2.75, 3.05) is 18.2 Å². The van der Waals surface area contributed by atoms with Crippen LogP contribution < -0.4 is 10.7 Å². The fourth-order valence-corrected chi connectivity index (χ4v) is 2.53. The number of carbonyl (C=O) groups is 1. The van der Waals surface area contributed by atoms with Crippen molar-refractivity contribution in [1.29, 1.82) is 0 Å². The van der Waals surface area contributed by atoms with Gasteiger partial charge in [-0.1, -0.05) is 12.0 Å². The number of hydrazone groups is 1. The van der Waals surface area contributed by atoms with E-state index in [0.717, 1.165) is 11.3 Å². The average Bonchev–Trinajstić information content (AvgIpc) is 2.99. The largest absolute Gasteiger partial charge is 0.378 e. The highest BCUT2D eigenvalue weighted by Gasteiger charge is 2.44. The maximum Gasteiger partial charge on any atom is 0.265 e. The molecule has 0 bridgehead atoms. The number of hydrogen-bond donors (Lipinski definition) is 1. The first-order chi connectivity index (χ1) is 9.20. The second-order valence-corrected chi connectivity index (χ2v) is 4.60. The van der Waals surface area contributed by atoms with Crippen LogP contribution >= 0.6 is 0 Å². The molecule has 2 heterocycles. The Morgan fingerprint density at radius 3 is 3.11 bits per heavy atom. The highest BCUT2D eigenvalue weighted by molar-refractivity contribution is 6.40. The van der Waals surface area contributed by atoms with E-state index < -0.39 is 5.91 Å². The SMILES string of the molecule is C#Cc1cccc(N2N=C(C(N)=O)C3COCC32)c1. The van der Waals surface area contributed by atoms with Crippen LogP contribution in [0.15, 0.2) is 29.4 Å². The summed E-state index contributed by atoms with van der Waals surface area (Å²) in [4.78, 5) is 11.4. The van der Waals surface area contributed by atoms with Crippen molar-refractivity contribution < 1.29 is 9.53 Å². The normalized spacial score (nSPS) is 24.8. The molecule has 0 radical (unpaired) electrons. The van der Waals surface area contributed by atoms with Crippen LogP contribution in [0.5, 0.6) is 0 Å². The summed E-state index contributed by atoms with van der Waals surface area (Å²) < 4.78 is 5.43. The standard InChI is InChI=1S/C14H13N3O2/c1-2-9-4-3-5-10(6-9)17-12-8-19-7-11(12)13(16-17)14(15)18/h1,3-6,11-12H,7-8H2,(H2,15,18). The van der Waals surface area contributed by atoms with Gasteiger partial charge < -0.3 is 10.5 Å². The third kappa shape index (κ3) is 1.86. The Labute approximate surface area is 111 Å². The number of nitrogens with zero attached hydrogens (tertiary/aromatic N) is 2. The number of carbonyl (C=O) groups excluding carboxylic acids is 1. The number of ether oxygens (including phenoxy) is 1. The summed E-state index contributed by atoms with van der Waals surface area (Å²) in [6.07, 6.45) is 5.40. The zero-order chi connectivity index (χ0) is 13.4. The van der Waals surface area contributed by atoms with Crippen LogP contribution in [0.4, 0.5) is 5.69 Å². The number of nitrogens with two attached hydrogens (primary N) is 1. The first-order valence-corrected chi connectivity index (χ1v) is 6.02. The number of primary amides is 1. The number of fused-ring (bicyclic) bond motifs is 1. The van der Waals surface area contributed by atoms with Gasteiger partial charge >= 0.3 is 0 Å². The van der Waals surface area contributed by atoms with Gasteiger partial charge in [0.05, 0.1) is 30.9 Å². The van der Waals surface area contributed by atoms with Crippen molar-refractivity contribution in [1.82, 2.24) is 0 Å². The Kier molecular flexibility index (Phi) is 2.73. The van der Waals surface area contributed by atoms with Gasteiger partial charge in [0.15, 0.2) is 0 Å². The predicted octanol–water partition coefficient (Wildman–Crippen LogP) is 0.344. The minimum absolute atomic E-state index is 0.0236. The van der Waals surface area contributed by atoms with Gasteiger partial charge in [0, 0.05) is 5.56 Å². The molecule has 5 nitrogen and oxygen atoms in total. The molecular weight excluding hydrogens is 242 g/mol. The molecule has 2 atom stereocenters. The lowest BCUT2D eigenvalue weighted by molar-refractivity contribution is -0.112. The topological polar surface area (TPSA) is 67.9 Å². The summed E-state index contributed by atoms with van der Waals surface area (Å²) in [5.41, 5.74) is 7.38. The Morgan fingerprint density at radius 2 is 2.37 bits per heavy atom. The maximum atomic E-state index is 11.4. The summed E-state index contributed by atoms with van der Waals surface area (Å²) >= 11 is 0. The van der Waals surface area contributed by atoms with E-state index in [2.05, 4.69) is 11.0 Å². The molecule has 2 N–H and O–H groups in total. The molecule has 2 aliphatic heterocycles. The molecule has 0 saturated carbocycles. The minimum atomic E-state index is -0.490. The number of benzene rings is 1. The number of rotatable bonds is 2. The van der Waals surface area contributed by atoms with E-state index in [0.29, 0.717) is 18.9 Å². The molecule has 1 amide bonds. The van der Waals surface area contributed by atoms with Crippen LogP contribution in [0.1, 0.15) is 5.56 Å². The van der Waals surface area contributed by atoms with Crippen molar-refractivity contribution in [3.8, 4) is 12.3 Å². The third-order valence-corrected chi connectivity index (χ3v) is 3.46. The van der Waals surface area contributed by atoms with Crippen LogP contribution in [0, 0.1) is 18.3 Å². The number of anilines is 1. The lowest BCUT2D eigenvalue weighted by atomic mass is 9.98. The van der Waals surface area contributed by atoms with Crippen LogP contribution in [-0.2, 0) is 9.53 Å². The Bertz CT molecular complexity index is 603. The second kappa shape index (κ2) is 4.41. The van der Waals surface area contributed by atoms with E-state index in [1.807, 2.05) is 24.3 Å². The molecule has 5 heteroatoms. The first kappa shape index (κ1) is 11.8. The van der Waals surface area contributed by atoms with Gasteiger partial charge in [-0.3, -0.25) is 9.80 Å². The van der Waals surface area contributed by atoms with Gasteiger partial charge in [0.25, 0.3) is 5.91 Å². The molecule has 19 heavy (non-hydrogen) atoms. The van der Waals surface area contributed by atoms with Gasteiger partial charge in [-0.2, -0.15) is 5.10 Å². The molecule has 1 saturated heterocycles. The number of terminal acetylenes is 1. The fraction of sp³-hybridized carbons (Fsp3) is 0.286. The van der Waals surface area contributed by atoms with E-state index >= 15 is 0 Å². The molecule has 1 aromatic rings. The minimum Gasteiger partial charge on any atom is -0.378 e. The molecule has 2 aliphatic rings. The summed E-state index contributed by atoms with van der Waals surface area (Å²) in [6, 6.07) is 7.51. The quantitative estimate of drug-likeness (QED) is 0.775. The van der Waals surface area contributed by atoms with Crippen LogP contribution in [0.2, 0.25) is 0 Å². The van der Waals surface area contributed by atoms with Gasteiger partial charge in [0.2, 0.25) is 0 Å². The second-order valence-electron chi connectivity index (χ2n) is 4.60. The Hall–Kier alpha value is -2.32. The molecule has 0 spiro atoms. The Morgan fingerprint density at radius 1 is 1.53 bits per heavy atom. The van der Waals surface area contributed by atoms with Crippen molar-refractivity contribution in [3.63, 3.8) is 0 Å². The molecule has 0 aliphatic carbocycles. The van der Waals surface area contributed by atoms with Crippen LogP contribution in [0.25, 0.3) is 0 Å². The fourth-order valence-electron chi connectivity index (χ4n) is 2.53. The highest BCUT2D eigenvalue weighted by Crippen LogP contribution is 2.32. The van der Waals surface area contributed by atoms with E-state index in [9.17, 15) is 4.79 Å². The zero-order valence-corrected chi connectivity index (χ0v) is 10.2. The van der Waals surface area contributed by atoms with E-state index in [1.54, 1.807) is 5.01 Å². The monoisotopic (exact) mass is 255 g/mol. The molecule has 1 fully saturated rings. The van der Waals surface area contributed by atoms with Gasteiger partial charge in [-0.15, -0.1) is 6.42 Å². The predicted molar refractivity (Wildman–Crippen MR) is 71.6 cm³/mol. The average molecular weight is 255 g/mol. The van der Waals surface area contributed by atoms with Crippen molar-refractivity contribution in [3.05, 3.63) is 29.8 Å². The number of hydrogen-bond acceptors (Lipinski definition) is 4. The lowest BCUT2D eigenvalue weighted by Crippen LogP contribution is -2.35. The Balaban J connectivity index is 2.00. The smallest absolute Gasteiger partial charge is 0.265 e. The summed E-state index contributed by atoms with van der Waals surface area (Å²) in [5.74, 6) is 2.05. The van der Waals surface area contributed by atoms with Gasteiger partial charge in [-0.05, 0) is 18.2 Å². The zero-order valence-electron chi connectivity index (χ0n) is 10.2. The van der Waals surface area contributed by atoms with Gasteiger partial charge in [-0.25, -0.2) is 0 Å². The molecule has 2 unspecified atom stereocenters.